The molecule has 4 nitrogen and oxygen atoms in total. The number of hydrogen-bond acceptors (Lipinski definition) is 2. The van der Waals surface area contributed by atoms with Gasteiger partial charge >= 0.3 is 5.97 Å². The van der Waals surface area contributed by atoms with Crippen LogP contribution in [0.4, 0.5) is 0 Å². The summed E-state index contributed by atoms with van der Waals surface area (Å²) in [5.41, 5.74) is -1.79. The summed E-state index contributed by atoms with van der Waals surface area (Å²) in [6.07, 6.45) is 6.60. The molecule has 1 atom stereocenters. The summed E-state index contributed by atoms with van der Waals surface area (Å²) in [4.78, 5) is 23.4. The third-order valence-corrected chi connectivity index (χ3v) is 4.17. The number of hydrogen-bond donors (Lipinski definition) is 2. The maximum atomic E-state index is 12.1. The quantitative estimate of drug-likeness (QED) is 0.756. The second-order valence-electron chi connectivity index (χ2n) is 6.03. The summed E-state index contributed by atoms with van der Waals surface area (Å²) >= 11 is 0. The fourth-order valence-electron chi connectivity index (χ4n) is 1.87. The molecule has 102 valence electrons. The van der Waals surface area contributed by atoms with Crippen molar-refractivity contribution in [3.05, 3.63) is 12.2 Å². The number of carboxylic acid groups (broad SMARTS) is 1. The molecule has 1 aliphatic rings. The highest BCUT2D eigenvalue weighted by molar-refractivity contribution is 5.82. The molecule has 0 fully saturated rings. The van der Waals surface area contributed by atoms with E-state index >= 15 is 0 Å². The van der Waals surface area contributed by atoms with Gasteiger partial charge in [-0.1, -0.05) is 12.2 Å². The highest BCUT2D eigenvalue weighted by atomic mass is 16.4. The Kier molecular flexibility index (Phi) is 4.20. The van der Waals surface area contributed by atoms with Crippen LogP contribution in [0.15, 0.2) is 12.2 Å². The number of carbonyl (C=O) groups is 2. The van der Waals surface area contributed by atoms with Crippen LogP contribution in [0, 0.1) is 11.3 Å². The number of allylic oxidation sites excluding steroid dienone is 2. The fraction of sp³-hybridized carbons (Fsp3) is 0.714. The lowest BCUT2D eigenvalue weighted by Crippen LogP contribution is -2.58. The summed E-state index contributed by atoms with van der Waals surface area (Å²) in [7, 11) is 0. The van der Waals surface area contributed by atoms with Crippen molar-refractivity contribution in [2.24, 2.45) is 11.3 Å². The summed E-state index contributed by atoms with van der Waals surface area (Å²) < 4.78 is 0. The Morgan fingerprint density at radius 2 is 1.83 bits per heavy atom. The van der Waals surface area contributed by atoms with Crippen molar-refractivity contribution in [1.82, 2.24) is 5.32 Å². The summed E-state index contributed by atoms with van der Waals surface area (Å²) in [5, 5.41) is 12.1. The number of carboxylic acids is 1. The summed E-state index contributed by atoms with van der Waals surface area (Å²) in [6, 6.07) is 0. The molecule has 1 rings (SSSR count). The highest BCUT2D eigenvalue weighted by Crippen LogP contribution is 2.31. The number of nitrogens with one attached hydrogen (secondary N) is 1. The number of rotatable bonds is 4. The molecule has 0 radical (unpaired) electrons. The molecule has 0 saturated heterocycles. The molecule has 0 aliphatic heterocycles. The maximum Gasteiger partial charge on any atom is 0.311 e. The zero-order valence-electron chi connectivity index (χ0n) is 11.6. The van der Waals surface area contributed by atoms with Crippen molar-refractivity contribution in [1.29, 1.82) is 0 Å². The van der Waals surface area contributed by atoms with E-state index in [1.54, 1.807) is 27.7 Å². The van der Waals surface area contributed by atoms with Gasteiger partial charge in [0.2, 0.25) is 5.91 Å². The van der Waals surface area contributed by atoms with E-state index in [2.05, 4.69) is 11.4 Å². The average molecular weight is 253 g/mol. The molecule has 1 unspecified atom stereocenters. The van der Waals surface area contributed by atoms with Gasteiger partial charge in [0.15, 0.2) is 0 Å². The number of amides is 1. The highest BCUT2D eigenvalue weighted by Gasteiger charge is 2.45. The van der Waals surface area contributed by atoms with E-state index in [4.69, 9.17) is 0 Å². The van der Waals surface area contributed by atoms with E-state index in [1.807, 2.05) is 6.08 Å². The lowest BCUT2D eigenvalue weighted by Gasteiger charge is -2.39. The van der Waals surface area contributed by atoms with E-state index in [9.17, 15) is 14.7 Å². The van der Waals surface area contributed by atoms with Gasteiger partial charge < -0.3 is 10.4 Å². The topological polar surface area (TPSA) is 66.4 Å². The van der Waals surface area contributed by atoms with Crippen LogP contribution < -0.4 is 5.32 Å². The molecular formula is C14H23NO3. The Labute approximate surface area is 108 Å². The SMILES string of the molecule is CC(C)(NC(=O)C1CC=CCC1)C(C)(C)C(=O)O. The summed E-state index contributed by atoms with van der Waals surface area (Å²) in [5.74, 6) is -0.978. The zero-order chi connectivity index (χ0) is 14.0. The lowest BCUT2D eigenvalue weighted by molar-refractivity contribution is -0.152. The van der Waals surface area contributed by atoms with Gasteiger partial charge in [-0.25, -0.2) is 0 Å². The molecule has 2 N–H and O–H groups in total. The minimum Gasteiger partial charge on any atom is -0.481 e. The van der Waals surface area contributed by atoms with Crippen molar-refractivity contribution in [3.63, 3.8) is 0 Å². The van der Waals surface area contributed by atoms with Crippen LogP contribution >= 0.6 is 0 Å². The van der Waals surface area contributed by atoms with Crippen LogP contribution in [0.1, 0.15) is 47.0 Å². The van der Waals surface area contributed by atoms with Crippen molar-refractivity contribution in [3.8, 4) is 0 Å². The third-order valence-electron chi connectivity index (χ3n) is 4.17. The molecule has 4 heteroatoms. The molecule has 1 aliphatic carbocycles. The van der Waals surface area contributed by atoms with E-state index < -0.39 is 16.9 Å². The van der Waals surface area contributed by atoms with Crippen LogP contribution in [-0.4, -0.2) is 22.5 Å². The Bertz CT molecular complexity index is 369. The van der Waals surface area contributed by atoms with Crippen molar-refractivity contribution >= 4 is 11.9 Å². The fourth-order valence-corrected chi connectivity index (χ4v) is 1.87. The van der Waals surface area contributed by atoms with Gasteiger partial charge in [0.05, 0.1) is 5.41 Å². The first-order valence-electron chi connectivity index (χ1n) is 6.39. The predicted molar refractivity (Wildman–Crippen MR) is 70.1 cm³/mol. The minimum atomic E-state index is -1.01. The first-order chi connectivity index (χ1) is 8.18. The maximum absolute atomic E-state index is 12.1. The predicted octanol–water partition coefficient (Wildman–Crippen LogP) is 2.35. The van der Waals surface area contributed by atoms with Crippen molar-refractivity contribution in [2.45, 2.75) is 52.5 Å². The lowest BCUT2D eigenvalue weighted by atomic mass is 9.74. The Morgan fingerprint density at radius 1 is 1.22 bits per heavy atom. The smallest absolute Gasteiger partial charge is 0.311 e. The molecule has 0 bridgehead atoms. The van der Waals surface area contributed by atoms with Gasteiger partial charge in [-0.15, -0.1) is 0 Å². The molecule has 0 heterocycles. The van der Waals surface area contributed by atoms with Gasteiger partial charge in [0.1, 0.15) is 0 Å². The largest absolute Gasteiger partial charge is 0.481 e. The van der Waals surface area contributed by atoms with Crippen LogP contribution in [0.25, 0.3) is 0 Å². The van der Waals surface area contributed by atoms with Gasteiger partial charge in [0.25, 0.3) is 0 Å². The Balaban J connectivity index is 2.73. The molecule has 0 saturated carbocycles. The Hall–Kier alpha value is -1.32. The standard InChI is InChI=1S/C14H23NO3/c1-13(2,12(17)18)14(3,4)15-11(16)10-8-6-5-7-9-10/h5-6,10H,7-9H2,1-4H3,(H,15,16)(H,17,18). The van der Waals surface area contributed by atoms with E-state index in [1.165, 1.54) is 0 Å². The normalized spacial score (nSPS) is 20.6. The van der Waals surface area contributed by atoms with E-state index in [0.717, 1.165) is 19.3 Å². The van der Waals surface area contributed by atoms with Crippen LogP contribution in [0.5, 0.6) is 0 Å². The van der Waals surface area contributed by atoms with E-state index in [-0.39, 0.29) is 11.8 Å². The molecule has 0 aromatic heterocycles. The van der Waals surface area contributed by atoms with Gasteiger partial charge in [-0.3, -0.25) is 9.59 Å². The second-order valence-corrected chi connectivity index (χ2v) is 6.03. The minimum absolute atomic E-state index is 0.0288. The zero-order valence-corrected chi connectivity index (χ0v) is 11.6. The van der Waals surface area contributed by atoms with Crippen molar-refractivity contribution < 1.29 is 14.7 Å². The molecule has 1 amide bonds. The number of carbonyl (C=O) groups excluding carboxylic acids is 1. The molecule has 0 aromatic rings. The molecule has 18 heavy (non-hydrogen) atoms. The third kappa shape index (κ3) is 2.92. The van der Waals surface area contributed by atoms with Gasteiger partial charge in [-0.05, 0) is 47.0 Å². The first-order valence-corrected chi connectivity index (χ1v) is 6.39. The average Bonchev–Trinajstić information content (AvgIpc) is 2.29. The van der Waals surface area contributed by atoms with E-state index in [0.29, 0.717) is 0 Å². The van der Waals surface area contributed by atoms with Gasteiger partial charge in [-0.2, -0.15) is 0 Å². The monoisotopic (exact) mass is 253 g/mol. The Morgan fingerprint density at radius 3 is 2.28 bits per heavy atom. The van der Waals surface area contributed by atoms with Gasteiger partial charge in [0, 0.05) is 11.5 Å². The number of aliphatic carboxylic acids is 1. The second kappa shape index (κ2) is 5.12. The first kappa shape index (κ1) is 14.7. The molecular weight excluding hydrogens is 230 g/mol. The van der Waals surface area contributed by atoms with Crippen LogP contribution in [-0.2, 0) is 9.59 Å². The van der Waals surface area contributed by atoms with Crippen LogP contribution in [0.2, 0.25) is 0 Å². The van der Waals surface area contributed by atoms with Crippen LogP contribution in [0.3, 0.4) is 0 Å². The molecule has 0 spiro atoms. The van der Waals surface area contributed by atoms with Crippen molar-refractivity contribution in [2.75, 3.05) is 0 Å². The molecule has 0 aromatic carbocycles. The summed E-state index contributed by atoms with van der Waals surface area (Å²) in [6.45, 7) is 6.79.